The molecule has 0 spiro atoms. The summed E-state index contributed by atoms with van der Waals surface area (Å²) in [7, 11) is 0. The minimum atomic E-state index is 1.07. The van der Waals surface area contributed by atoms with Crippen molar-refractivity contribution in [3.8, 4) is 0 Å². The highest BCUT2D eigenvalue weighted by Crippen LogP contribution is 2.31. The van der Waals surface area contributed by atoms with Gasteiger partial charge in [0.1, 0.15) is 0 Å². The van der Waals surface area contributed by atoms with Crippen LogP contribution in [0, 0.1) is 5.92 Å². The van der Waals surface area contributed by atoms with Crippen LogP contribution in [0.15, 0.2) is 0 Å². The smallest absolute Gasteiger partial charge is 0.0108 e. The highest BCUT2D eigenvalue weighted by Gasteiger charge is 2.19. The van der Waals surface area contributed by atoms with Gasteiger partial charge in [0.25, 0.3) is 0 Å². The minimum Gasteiger partial charge on any atom is -0.315 e. The molecule has 0 aromatic rings. The zero-order valence-electron chi connectivity index (χ0n) is 9.10. The Morgan fingerprint density at radius 1 is 1.14 bits per heavy atom. The third-order valence-electron chi connectivity index (χ3n) is 3.24. The summed E-state index contributed by atoms with van der Waals surface area (Å²) in [5.74, 6) is 1.07. The number of piperazine rings is 1. The lowest BCUT2D eigenvalue weighted by Gasteiger charge is -2.27. The summed E-state index contributed by atoms with van der Waals surface area (Å²) in [5.41, 5.74) is 0. The Morgan fingerprint density at radius 2 is 1.93 bits per heavy atom. The third-order valence-corrected chi connectivity index (χ3v) is 3.24. The van der Waals surface area contributed by atoms with Crippen LogP contribution in [0.1, 0.15) is 19.3 Å². The average Bonchev–Trinajstić information content (AvgIpc) is 3.03. The molecule has 2 aliphatic rings. The van der Waals surface area contributed by atoms with Gasteiger partial charge in [-0.25, -0.2) is 0 Å². The van der Waals surface area contributed by atoms with E-state index in [0.29, 0.717) is 0 Å². The molecule has 1 saturated heterocycles. The van der Waals surface area contributed by atoms with Crippen molar-refractivity contribution in [2.45, 2.75) is 19.3 Å². The zero-order valence-corrected chi connectivity index (χ0v) is 9.10. The average molecular weight is 197 g/mol. The molecule has 3 nitrogen and oxygen atoms in total. The predicted molar refractivity (Wildman–Crippen MR) is 59.5 cm³/mol. The van der Waals surface area contributed by atoms with Crippen LogP contribution in [0.5, 0.6) is 0 Å². The fourth-order valence-electron chi connectivity index (χ4n) is 2.01. The molecule has 1 aliphatic heterocycles. The molecule has 2 N–H and O–H groups in total. The Labute approximate surface area is 87.2 Å². The third kappa shape index (κ3) is 3.95. The number of nitrogens with zero attached hydrogens (tertiary/aromatic N) is 1. The molecule has 3 heteroatoms. The van der Waals surface area contributed by atoms with Crippen molar-refractivity contribution in [2.75, 3.05) is 45.8 Å². The Kier molecular flexibility index (Phi) is 4.22. The van der Waals surface area contributed by atoms with Gasteiger partial charge in [0.2, 0.25) is 0 Å². The molecular weight excluding hydrogens is 174 g/mol. The maximum atomic E-state index is 3.54. The number of nitrogens with one attached hydrogen (secondary N) is 2. The van der Waals surface area contributed by atoms with Crippen molar-refractivity contribution in [3.05, 3.63) is 0 Å². The van der Waals surface area contributed by atoms with Gasteiger partial charge in [-0.05, 0) is 18.9 Å². The lowest BCUT2D eigenvalue weighted by Crippen LogP contribution is -2.45. The Bertz CT molecular complexity index is 151. The highest BCUT2D eigenvalue weighted by molar-refractivity contribution is 4.74. The van der Waals surface area contributed by atoms with Crippen molar-refractivity contribution >= 4 is 0 Å². The SMILES string of the molecule is C(CC1CC1)NCCN1CCNCC1. The highest BCUT2D eigenvalue weighted by atomic mass is 15.2. The summed E-state index contributed by atoms with van der Waals surface area (Å²) >= 11 is 0. The van der Waals surface area contributed by atoms with Gasteiger partial charge in [-0.3, -0.25) is 4.90 Å². The molecule has 2 fully saturated rings. The van der Waals surface area contributed by atoms with Gasteiger partial charge in [-0.2, -0.15) is 0 Å². The molecular formula is C11H23N3. The molecule has 0 atom stereocenters. The molecule has 0 amide bonds. The maximum absolute atomic E-state index is 3.54. The van der Waals surface area contributed by atoms with Crippen molar-refractivity contribution in [1.29, 1.82) is 0 Å². The molecule has 0 unspecified atom stereocenters. The first-order valence-electron chi connectivity index (χ1n) is 6.09. The van der Waals surface area contributed by atoms with E-state index in [0.717, 1.165) is 5.92 Å². The molecule has 0 radical (unpaired) electrons. The van der Waals surface area contributed by atoms with Crippen LogP contribution < -0.4 is 10.6 Å². The van der Waals surface area contributed by atoms with Gasteiger partial charge >= 0.3 is 0 Å². The summed E-state index contributed by atoms with van der Waals surface area (Å²) in [4.78, 5) is 2.54. The molecule has 1 aliphatic carbocycles. The first kappa shape index (κ1) is 10.4. The second-order valence-corrected chi connectivity index (χ2v) is 4.57. The molecule has 0 aromatic carbocycles. The quantitative estimate of drug-likeness (QED) is 0.599. The van der Waals surface area contributed by atoms with Crippen LogP contribution in [0.25, 0.3) is 0 Å². The van der Waals surface area contributed by atoms with E-state index in [2.05, 4.69) is 15.5 Å². The van der Waals surface area contributed by atoms with Crippen LogP contribution in [0.4, 0.5) is 0 Å². The monoisotopic (exact) mass is 197 g/mol. The van der Waals surface area contributed by atoms with Gasteiger partial charge in [0.15, 0.2) is 0 Å². The van der Waals surface area contributed by atoms with Crippen LogP contribution in [-0.4, -0.2) is 50.7 Å². The molecule has 0 aromatic heterocycles. The lowest BCUT2D eigenvalue weighted by molar-refractivity contribution is 0.241. The fourth-order valence-corrected chi connectivity index (χ4v) is 2.01. The molecule has 2 rings (SSSR count). The predicted octanol–water partition coefficient (Wildman–Crippen LogP) is 0.281. The fraction of sp³-hybridized carbons (Fsp3) is 1.00. The number of hydrogen-bond acceptors (Lipinski definition) is 3. The molecule has 14 heavy (non-hydrogen) atoms. The summed E-state index contributed by atoms with van der Waals surface area (Å²) in [6.45, 7) is 8.43. The molecule has 82 valence electrons. The van der Waals surface area contributed by atoms with Gasteiger partial charge in [-0.1, -0.05) is 12.8 Å². The first-order chi connectivity index (χ1) is 6.95. The van der Waals surface area contributed by atoms with Gasteiger partial charge in [0, 0.05) is 39.3 Å². The van der Waals surface area contributed by atoms with E-state index in [1.807, 2.05) is 0 Å². The van der Waals surface area contributed by atoms with Crippen molar-refractivity contribution in [2.24, 2.45) is 5.92 Å². The molecule has 1 saturated carbocycles. The largest absolute Gasteiger partial charge is 0.315 e. The van der Waals surface area contributed by atoms with E-state index >= 15 is 0 Å². The lowest BCUT2D eigenvalue weighted by atomic mass is 10.3. The summed E-state index contributed by atoms with van der Waals surface area (Å²) in [5, 5.41) is 6.92. The number of hydrogen-bond donors (Lipinski definition) is 2. The Hall–Kier alpha value is -0.120. The second kappa shape index (κ2) is 5.69. The molecule has 1 heterocycles. The van der Waals surface area contributed by atoms with Crippen molar-refractivity contribution in [1.82, 2.24) is 15.5 Å². The van der Waals surface area contributed by atoms with Gasteiger partial charge in [-0.15, -0.1) is 0 Å². The van der Waals surface area contributed by atoms with Crippen molar-refractivity contribution < 1.29 is 0 Å². The van der Waals surface area contributed by atoms with E-state index in [9.17, 15) is 0 Å². The topological polar surface area (TPSA) is 27.3 Å². The van der Waals surface area contributed by atoms with E-state index in [-0.39, 0.29) is 0 Å². The van der Waals surface area contributed by atoms with E-state index in [1.54, 1.807) is 0 Å². The van der Waals surface area contributed by atoms with Crippen molar-refractivity contribution in [3.63, 3.8) is 0 Å². The van der Waals surface area contributed by atoms with Gasteiger partial charge < -0.3 is 10.6 Å². The van der Waals surface area contributed by atoms with E-state index in [1.165, 1.54) is 65.1 Å². The van der Waals surface area contributed by atoms with Gasteiger partial charge in [0.05, 0.1) is 0 Å². The Balaban J connectivity index is 1.41. The summed E-state index contributed by atoms with van der Waals surface area (Å²) in [6, 6.07) is 0. The summed E-state index contributed by atoms with van der Waals surface area (Å²) < 4.78 is 0. The zero-order chi connectivity index (χ0) is 9.64. The summed E-state index contributed by atoms with van der Waals surface area (Å²) in [6.07, 6.45) is 4.38. The van der Waals surface area contributed by atoms with E-state index < -0.39 is 0 Å². The second-order valence-electron chi connectivity index (χ2n) is 4.57. The van der Waals surface area contributed by atoms with Crippen LogP contribution in [-0.2, 0) is 0 Å². The number of rotatable bonds is 6. The molecule has 0 bridgehead atoms. The standard InChI is InChI=1S/C11H23N3/c1-2-11(1)3-4-12-5-8-14-9-6-13-7-10-14/h11-13H,1-10H2. The first-order valence-corrected chi connectivity index (χ1v) is 6.09. The Morgan fingerprint density at radius 3 is 2.64 bits per heavy atom. The van der Waals surface area contributed by atoms with E-state index in [4.69, 9.17) is 0 Å². The van der Waals surface area contributed by atoms with Crippen LogP contribution in [0.3, 0.4) is 0 Å². The van der Waals surface area contributed by atoms with Crippen LogP contribution >= 0.6 is 0 Å². The normalized spacial score (nSPS) is 24.0. The van der Waals surface area contributed by atoms with Crippen LogP contribution in [0.2, 0.25) is 0 Å². The minimum absolute atomic E-state index is 1.07. The maximum Gasteiger partial charge on any atom is 0.0108 e.